The third-order valence-electron chi connectivity index (χ3n) is 4.94. The molecule has 1 aliphatic rings. The smallest absolute Gasteiger partial charge is 0.254 e. The third-order valence-corrected chi connectivity index (χ3v) is 4.94. The van der Waals surface area contributed by atoms with Gasteiger partial charge < -0.3 is 9.64 Å². The Morgan fingerprint density at radius 3 is 2.70 bits per heavy atom. The summed E-state index contributed by atoms with van der Waals surface area (Å²) < 4.78 is 20.5. The van der Waals surface area contributed by atoms with E-state index in [2.05, 4.69) is 11.6 Å². The molecule has 0 aliphatic carbocycles. The predicted molar refractivity (Wildman–Crippen MR) is 120 cm³/mol. The van der Waals surface area contributed by atoms with Crippen LogP contribution in [0.3, 0.4) is 0 Å². The summed E-state index contributed by atoms with van der Waals surface area (Å²) in [5.74, 6) is -0.452. The van der Waals surface area contributed by atoms with Gasteiger partial charge in [-0.1, -0.05) is 36.9 Å². The highest BCUT2D eigenvalue weighted by Gasteiger charge is 2.24. The molecule has 156 valence electrons. The van der Waals surface area contributed by atoms with Crippen LogP contribution in [0.15, 0.2) is 65.7 Å². The van der Waals surface area contributed by atoms with E-state index in [1.54, 1.807) is 29.3 Å². The van der Waals surface area contributed by atoms with E-state index in [-0.39, 0.29) is 17.8 Å². The van der Waals surface area contributed by atoms with E-state index < -0.39 is 0 Å². The molecule has 30 heavy (non-hydrogen) atoms. The second kappa shape index (κ2) is 9.63. The van der Waals surface area contributed by atoms with Crippen molar-refractivity contribution in [2.45, 2.75) is 26.9 Å². The van der Waals surface area contributed by atoms with Crippen molar-refractivity contribution in [3.63, 3.8) is 0 Å². The molecule has 0 bridgehead atoms. The molecule has 1 aliphatic heterocycles. The van der Waals surface area contributed by atoms with Crippen LogP contribution in [-0.4, -0.2) is 42.8 Å². The molecular weight excluding hydrogens is 379 g/mol. The summed E-state index contributed by atoms with van der Waals surface area (Å²) in [6.07, 6.45) is 3.37. The highest BCUT2D eigenvalue weighted by atomic mass is 19.1. The number of nitrogens with zero attached hydrogens (tertiary/aromatic N) is 2. The van der Waals surface area contributed by atoms with E-state index >= 15 is 0 Å². The lowest BCUT2D eigenvalue weighted by Gasteiger charge is -2.31. The maximum atomic E-state index is 15.0. The van der Waals surface area contributed by atoms with Crippen LogP contribution in [0.1, 0.15) is 36.7 Å². The maximum Gasteiger partial charge on any atom is 0.254 e. The van der Waals surface area contributed by atoms with Gasteiger partial charge in [0.05, 0.1) is 18.4 Å². The molecule has 0 saturated carbocycles. The molecule has 1 saturated heterocycles. The molecule has 2 aromatic carbocycles. The number of amides is 1. The minimum Gasteiger partial charge on any atom is -0.375 e. The van der Waals surface area contributed by atoms with Gasteiger partial charge >= 0.3 is 0 Å². The highest BCUT2D eigenvalue weighted by Crippen LogP contribution is 2.29. The van der Waals surface area contributed by atoms with E-state index in [0.29, 0.717) is 47.6 Å². The first-order valence-electron chi connectivity index (χ1n) is 10.1. The van der Waals surface area contributed by atoms with Crippen molar-refractivity contribution in [2.75, 3.05) is 19.7 Å². The molecule has 0 N–H and O–H groups in total. The number of benzene rings is 2. The first-order valence-corrected chi connectivity index (χ1v) is 10.1. The SMILES string of the molecule is C=C(C)/C=N\C(=C/C)c1ccc(-c2ccccc2C(=O)N2CCO[C@@H](C)C2)cc1F. The summed E-state index contributed by atoms with van der Waals surface area (Å²) in [5.41, 5.74) is 3.65. The number of halogens is 1. The Morgan fingerprint density at radius 2 is 2.03 bits per heavy atom. The molecule has 2 aromatic rings. The van der Waals surface area contributed by atoms with E-state index in [0.717, 1.165) is 5.57 Å². The second-order valence-electron chi connectivity index (χ2n) is 7.45. The van der Waals surface area contributed by atoms with Crippen molar-refractivity contribution in [1.82, 2.24) is 4.90 Å². The lowest BCUT2D eigenvalue weighted by Crippen LogP contribution is -2.44. The Labute approximate surface area is 177 Å². The molecule has 1 fully saturated rings. The monoisotopic (exact) mass is 406 g/mol. The minimum atomic E-state index is -0.387. The summed E-state index contributed by atoms with van der Waals surface area (Å²) in [6, 6.07) is 12.3. The van der Waals surface area contributed by atoms with Gasteiger partial charge in [0, 0.05) is 30.4 Å². The Bertz CT molecular complexity index is 1010. The molecular formula is C25H27FN2O2. The molecule has 4 nitrogen and oxygen atoms in total. The Hall–Kier alpha value is -3.05. The van der Waals surface area contributed by atoms with Crippen LogP contribution in [0, 0.1) is 5.82 Å². The fourth-order valence-corrected chi connectivity index (χ4v) is 3.46. The summed E-state index contributed by atoms with van der Waals surface area (Å²) in [5, 5.41) is 0. The van der Waals surface area contributed by atoms with Crippen LogP contribution in [0.5, 0.6) is 0 Å². The number of rotatable bonds is 5. The van der Waals surface area contributed by atoms with Crippen molar-refractivity contribution in [3.05, 3.63) is 77.6 Å². The minimum absolute atomic E-state index is 0.00518. The third kappa shape index (κ3) is 4.92. The topological polar surface area (TPSA) is 41.9 Å². The molecule has 0 spiro atoms. The number of hydrogen-bond donors (Lipinski definition) is 0. The number of ether oxygens (including phenoxy) is 1. The van der Waals surface area contributed by atoms with E-state index in [9.17, 15) is 9.18 Å². The molecule has 0 unspecified atom stereocenters. The van der Waals surface area contributed by atoms with E-state index in [4.69, 9.17) is 4.74 Å². The zero-order valence-corrected chi connectivity index (χ0v) is 17.7. The average molecular weight is 407 g/mol. The average Bonchev–Trinajstić information content (AvgIpc) is 2.74. The zero-order chi connectivity index (χ0) is 21.7. The molecule has 1 heterocycles. The van der Waals surface area contributed by atoms with Gasteiger partial charge in [-0.15, -0.1) is 0 Å². The van der Waals surface area contributed by atoms with Crippen molar-refractivity contribution < 1.29 is 13.9 Å². The maximum absolute atomic E-state index is 15.0. The van der Waals surface area contributed by atoms with E-state index in [1.807, 2.05) is 45.0 Å². The Kier molecular flexibility index (Phi) is 6.95. The van der Waals surface area contributed by atoms with Crippen molar-refractivity contribution >= 4 is 17.8 Å². The van der Waals surface area contributed by atoms with Gasteiger partial charge in [-0.05, 0) is 55.7 Å². The number of carbonyl (C=O) groups excluding carboxylic acids is 1. The number of carbonyl (C=O) groups is 1. The van der Waals surface area contributed by atoms with Crippen LogP contribution in [0.25, 0.3) is 16.8 Å². The van der Waals surface area contributed by atoms with Crippen LogP contribution in [-0.2, 0) is 4.74 Å². The Balaban J connectivity index is 1.95. The Morgan fingerprint density at radius 1 is 1.27 bits per heavy atom. The largest absolute Gasteiger partial charge is 0.375 e. The van der Waals surface area contributed by atoms with Gasteiger partial charge in [0.1, 0.15) is 5.82 Å². The molecule has 1 atom stereocenters. The van der Waals surface area contributed by atoms with Crippen molar-refractivity contribution in [3.8, 4) is 11.1 Å². The summed E-state index contributed by atoms with van der Waals surface area (Å²) in [6.45, 7) is 11.0. The first-order chi connectivity index (χ1) is 14.4. The number of aliphatic imine (C=N–C) groups is 1. The van der Waals surface area contributed by atoms with Gasteiger partial charge in [-0.2, -0.15) is 0 Å². The van der Waals surface area contributed by atoms with Crippen molar-refractivity contribution in [2.24, 2.45) is 4.99 Å². The zero-order valence-electron chi connectivity index (χ0n) is 17.7. The molecule has 0 radical (unpaired) electrons. The standard InChI is InChI=1S/C25H27FN2O2/c1-5-24(27-15-17(2)3)22-11-10-19(14-23(22)26)20-8-6-7-9-21(20)25(29)28-12-13-30-18(4)16-28/h5-11,14-15,18H,2,12-13,16H2,1,3-4H3/b24-5-,27-15-/t18-/m0/s1. The lowest BCUT2D eigenvalue weighted by atomic mass is 9.96. The fourth-order valence-electron chi connectivity index (χ4n) is 3.46. The van der Waals surface area contributed by atoms with Crippen LogP contribution < -0.4 is 0 Å². The number of allylic oxidation sites excluding steroid dienone is 2. The predicted octanol–water partition coefficient (Wildman–Crippen LogP) is 5.36. The lowest BCUT2D eigenvalue weighted by molar-refractivity contribution is -0.0123. The highest BCUT2D eigenvalue weighted by molar-refractivity contribution is 6.01. The molecule has 0 aromatic heterocycles. The van der Waals surface area contributed by atoms with Gasteiger partial charge in [-0.3, -0.25) is 9.79 Å². The number of hydrogen-bond acceptors (Lipinski definition) is 3. The second-order valence-corrected chi connectivity index (χ2v) is 7.45. The van der Waals surface area contributed by atoms with Crippen LogP contribution in [0.2, 0.25) is 0 Å². The molecule has 5 heteroatoms. The molecule has 3 rings (SSSR count). The summed E-state index contributed by atoms with van der Waals surface area (Å²) in [7, 11) is 0. The number of morpholine rings is 1. The van der Waals surface area contributed by atoms with Gasteiger partial charge in [0.2, 0.25) is 0 Å². The van der Waals surface area contributed by atoms with Crippen LogP contribution in [0.4, 0.5) is 4.39 Å². The summed E-state index contributed by atoms with van der Waals surface area (Å²) >= 11 is 0. The molecule has 1 amide bonds. The van der Waals surface area contributed by atoms with Gasteiger partial charge in [0.15, 0.2) is 0 Å². The van der Waals surface area contributed by atoms with Gasteiger partial charge in [-0.25, -0.2) is 4.39 Å². The van der Waals surface area contributed by atoms with Crippen molar-refractivity contribution in [1.29, 1.82) is 0 Å². The van der Waals surface area contributed by atoms with Gasteiger partial charge in [0.25, 0.3) is 5.91 Å². The van der Waals surface area contributed by atoms with E-state index in [1.165, 1.54) is 6.07 Å². The summed E-state index contributed by atoms with van der Waals surface area (Å²) in [4.78, 5) is 19.2. The normalized spacial score (nSPS) is 17.4. The quantitative estimate of drug-likeness (QED) is 0.627. The van der Waals surface area contributed by atoms with Crippen LogP contribution >= 0.6 is 0 Å². The first kappa shape index (κ1) is 21.7. The fraction of sp³-hybridized carbons (Fsp3) is 0.280.